The van der Waals surface area contributed by atoms with Crippen LogP contribution in [0.2, 0.25) is 0 Å². The summed E-state index contributed by atoms with van der Waals surface area (Å²) in [6, 6.07) is 13.4. The van der Waals surface area contributed by atoms with Crippen LogP contribution in [0.4, 0.5) is 5.69 Å². The summed E-state index contributed by atoms with van der Waals surface area (Å²) >= 11 is 0. The van der Waals surface area contributed by atoms with Gasteiger partial charge in [0.15, 0.2) is 5.69 Å². The zero-order chi connectivity index (χ0) is 17.3. The van der Waals surface area contributed by atoms with E-state index in [0.29, 0.717) is 11.9 Å². The van der Waals surface area contributed by atoms with Crippen molar-refractivity contribution in [2.45, 2.75) is 33.4 Å². The molecule has 0 saturated carbocycles. The van der Waals surface area contributed by atoms with Crippen LogP contribution in [0.3, 0.4) is 0 Å². The third-order valence-corrected chi connectivity index (χ3v) is 3.89. The van der Waals surface area contributed by atoms with Crippen LogP contribution < -0.4 is 4.74 Å². The predicted molar refractivity (Wildman–Crippen MR) is 95.1 cm³/mol. The molecule has 0 bridgehead atoms. The Bertz CT molecular complexity index is 880. The molecule has 0 aliphatic heterocycles. The molecule has 0 saturated heterocycles. The lowest BCUT2D eigenvalue weighted by molar-refractivity contribution is 0.242. The van der Waals surface area contributed by atoms with E-state index in [1.54, 1.807) is 4.57 Å². The second-order valence-electron chi connectivity index (χ2n) is 6.18. The van der Waals surface area contributed by atoms with Crippen LogP contribution in [0.1, 0.15) is 25.0 Å². The Morgan fingerprint density at radius 3 is 2.50 bits per heavy atom. The lowest BCUT2D eigenvalue weighted by Gasteiger charge is -2.11. The van der Waals surface area contributed by atoms with Crippen molar-refractivity contribution < 1.29 is 9.84 Å². The van der Waals surface area contributed by atoms with Crippen molar-refractivity contribution in [1.82, 2.24) is 4.57 Å². The molecule has 3 rings (SSSR count). The second kappa shape index (κ2) is 6.35. The largest absolute Gasteiger partial charge is 0.493 e. The molecule has 1 aromatic heterocycles. The molecule has 0 atom stereocenters. The van der Waals surface area contributed by atoms with Crippen molar-refractivity contribution in [1.29, 1.82) is 0 Å². The highest BCUT2D eigenvalue weighted by atomic mass is 16.5. The summed E-state index contributed by atoms with van der Waals surface area (Å²) in [6.45, 7) is 6.35. The first kappa shape index (κ1) is 16.1. The number of aromatic hydroxyl groups is 1. The Labute approximate surface area is 140 Å². The number of hydrogen-bond donors (Lipinski definition) is 1. The Kier molecular flexibility index (Phi) is 4.25. The van der Waals surface area contributed by atoms with Gasteiger partial charge >= 0.3 is 0 Å². The number of ether oxygens (including phenoxy) is 1. The highest BCUT2D eigenvalue weighted by molar-refractivity contribution is 5.95. The minimum atomic E-state index is -0.104. The predicted octanol–water partition coefficient (Wildman–Crippen LogP) is 4.89. The molecular formula is C19H20N2O3. The number of nitrogens with zero attached hydrogens (tertiary/aromatic N) is 2. The summed E-state index contributed by atoms with van der Waals surface area (Å²) < 4.78 is 7.33. The first-order chi connectivity index (χ1) is 11.5. The SMILES string of the molecule is Cc1ccc2c(c1)c(N=O)c(O)n2Cc1ccc(OC(C)C)cc1. The van der Waals surface area contributed by atoms with Gasteiger partial charge in [-0.2, -0.15) is 0 Å². The van der Waals surface area contributed by atoms with Gasteiger partial charge < -0.3 is 14.4 Å². The summed E-state index contributed by atoms with van der Waals surface area (Å²) in [5.74, 6) is 0.703. The van der Waals surface area contributed by atoms with Gasteiger partial charge in [0.25, 0.3) is 0 Å². The van der Waals surface area contributed by atoms with Gasteiger partial charge in [0.05, 0.1) is 18.2 Å². The summed E-state index contributed by atoms with van der Waals surface area (Å²) in [7, 11) is 0. The van der Waals surface area contributed by atoms with E-state index < -0.39 is 0 Å². The van der Waals surface area contributed by atoms with Crippen LogP contribution in [0, 0.1) is 11.8 Å². The van der Waals surface area contributed by atoms with Gasteiger partial charge in [0.2, 0.25) is 5.88 Å². The molecular weight excluding hydrogens is 304 g/mol. The lowest BCUT2D eigenvalue weighted by atomic mass is 10.1. The molecule has 3 aromatic rings. The average Bonchev–Trinajstić information content (AvgIpc) is 2.79. The van der Waals surface area contributed by atoms with Gasteiger partial charge in [-0.3, -0.25) is 0 Å². The van der Waals surface area contributed by atoms with Gasteiger partial charge in [0.1, 0.15) is 5.75 Å². The highest BCUT2D eigenvalue weighted by Crippen LogP contribution is 2.39. The molecule has 1 N–H and O–H groups in total. The summed E-state index contributed by atoms with van der Waals surface area (Å²) in [5, 5.41) is 14.1. The Balaban J connectivity index is 1.98. The quantitative estimate of drug-likeness (QED) is 0.680. The van der Waals surface area contributed by atoms with Gasteiger partial charge in [-0.1, -0.05) is 23.8 Å². The van der Waals surface area contributed by atoms with E-state index >= 15 is 0 Å². The van der Waals surface area contributed by atoms with Gasteiger partial charge in [0, 0.05) is 5.39 Å². The minimum absolute atomic E-state index is 0.0912. The zero-order valence-corrected chi connectivity index (χ0v) is 14.0. The topological polar surface area (TPSA) is 63.8 Å². The number of aryl methyl sites for hydroxylation is 1. The molecule has 0 radical (unpaired) electrons. The van der Waals surface area contributed by atoms with Crippen LogP contribution in [-0.4, -0.2) is 15.8 Å². The van der Waals surface area contributed by atoms with Crippen molar-refractivity contribution in [2.24, 2.45) is 5.18 Å². The molecule has 5 heteroatoms. The summed E-state index contributed by atoms with van der Waals surface area (Å²) in [5.41, 5.74) is 2.89. The molecule has 1 heterocycles. The minimum Gasteiger partial charge on any atom is -0.493 e. The van der Waals surface area contributed by atoms with Crippen LogP contribution >= 0.6 is 0 Å². The zero-order valence-electron chi connectivity index (χ0n) is 14.0. The maximum absolute atomic E-state index is 11.1. The van der Waals surface area contributed by atoms with Gasteiger partial charge in [-0.25, -0.2) is 0 Å². The number of aromatic nitrogens is 1. The molecule has 124 valence electrons. The molecule has 0 aliphatic rings. The Hall–Kier alpha value is -2.82. The molecule has 0 amide bonds. The fraction of sp³-hybridized carbons (Fsp3) is 0.263. The number of fused-ring (bicyclic) bond motifs is 1. The maximum atomic E-state index is 11.1. The normalized spacial score (nSPS) is 11.2. The first-order valence-corrected chi connectivity index (χ1v) is 7.90. The standard InChI is InChI=1S/C19H20N2O3/c1-12(2)24-15-7-5-14(6-8-15)11-21-17-9-4-13(3)10-16(17)18(20-23)19(21)22/h4-10,12,22H,11H2,1-3H3. The van der Waals surface area contributed by atoms with Crippen molar-refractivity contribution in [2.75, 3.05) is 0 Å². The van der Waals surface area contributed by atoms with E-state index in [1.165, 1.54) is 0 Å². The molecule has 5 nitrogen and oxygen atoms in total. The van der Waals surface area contributed by atoms with Crippen molar-refractivity contribution in [3.63, 3.8) is 0 Å². The van der Waals surface area contributed by atoms with Crippen LogP contribution in [-0.2, 0) is 6.54 Å². The first-order valence-electron chi connectivity index (χ1n) is 7.90. The van der Waals surface area contributed by atoms with Crippen molar-refractivity contribution in [3.05, 3.63) is 58.5 Å². The Morgan fingerprint density at radius 1 is 1.17 bits per heavy atom. The molecule has 24 heavy (non-hydrogen) atoms. The fourth-order valence-electron chi connectivity index (χ4n) is 2.82. The highest BCUT2D eigenvalue weighted by Gasteiger charge is 2.17. The number of benzene rings is 2. The molecule has 0 unspecified atom stereocenters. The van der Waals surface area contributed by atoms with E-state index in [2.05, 4.69) is 5.18 Å². The van der Waals surface area contributed by atoms with E-state index in [-0.39, 0.29) is 17.7 Å². The third-order valence-electron chi connectivity index (χ3n) is 3.89. The smallest absolute Gasteiger partial charge is 0.222 e. The van der Waals surface area contributed by atoms with E-state index in [0.717, 1.165) is 22.4 Å². The van der Waals surface area contributed by atoms with Gasteiger partial charge in [-0.05, 0) is 55.8 Å². The molecule has 0 fully saturated rings. The lowest BCUT2D eigenvalue weighted by Crippen LogP contribution is -2.05. The number of nitroso groups, excluding NO2 is 1. The summed E-state index contributed by atoms with van der Waals surface area (Å²) in [6.07, 6.45) is 0.123. The van der Waals surface area contributed by atoms with Crippen molar-refractivity contribution in [3.8, 4) is 11.6 Å². The molecule has 0 spiro atoms. The van der Waals surface area contributed by atoms with Crippen LogP contribution in [0.25, 0.3) is 10.9 Å². The van der Waals surface area contributed by atoms with Gasteiger partial charge in [-0.15, -0.1) is 4.91 Å². The van der Waals surface area contributed by atoms with E-state index in [4.69, 9.17) is 4.74 Å². The molecule has 2 aromatic carbocycles. The summed E-state index contributed by atoms with van der Waals surface area (Å²) in [4.78, 5) is 11.1. The third kappa shape index (κ3) is 2.97. The van der Waals surface area contributed by atoms with Crippen LogP contribution in [0.15, 0.2) is 47.6 Å². The maximum Gasteiger partial charge on any atom is 0.222 e. The second-order valence-corrected chi connectivity index (χ2v) is 6.18. The Morgan fingerprint density at radius 2 is 1.88 bits per heavy atom. The van der Waals surface area contributed by atoms with Crippen molar-refractivity contribution >= 4 is 16.6 Å². The monoisotopic (exact) mass is 324 g/mol. The van der Waals surface area contributed by atoms with Crippen LogP contribution in [0.5, 0.6) is 11.6 Å². The fourth-order valence-corrected chi connectivity index (χ4v) is 2.82. The number of hydrogen-bond acceptors (Lipinski definition) is 4. The molecule has 0 aliphatic carbocycles. The van der Waals surface area contributed by atoms with E-state index in [9.17, 15) is 10.0 Å². The average molecular weight is 324 g/mol. The number of rotatable bonds is 5. The van der Waals surface area contributed by atoms with E-state index in [1.807, 2.05) is 63.2 Å².